The first-order chi connectivity index (χ1) is 12.6. The van der Waals surface area contributed by atoms with E-state index >= 15 is 0 Å². The van der Waals surface area contributed by atoms with E-state index in [9.17, 15) is 8.42 Å². The lowest BCUT2D eigenvalue weighted by molar-refractivity contribution is 0.271. The van der Waals surface area contributed by atoms with Crippen LogP contribution in [0.5, 0.6) is 5.75 Å². The van der Waals surface area contributed by atoms with Gasteiger partial charge in [0.05, 0.1) is 23.7 Å². The van der Waals surface area contributed by atoms with Gasteiger partial charge in [-0.1, -0.05) is 26.0 Å². The molecule has 0 atom stereocenters. The van der Waals surface area contributed by atoms with Crippen molar-refractivity contribution in [2.75, 3.05) is 32.0 Å². The maximum atomic E-state index is 12.2. The number of nitrogens with zero attached hydrogens (tertiary/aromatic N) is 2. The lowest BCUT2D eigenvalue weighted by atomic mass is 10.2. The number of rotatable bonds is 6. The van der Waals surface area contributed by atoms with Crippen molar-refractivity contribution in [3.05, 3.63) is 29.8 Å². The predicted octanol–water partition coefficient (Wildman–Crippen LogP) is 2.70. The SMILES string of the molecule is CCNC(=NCc1ccc(OCC(C)C)cc1)N1CCS(=O)(=O)C(C)(C)C1. The molecule has 0 bridgehead atoms. The second-order valence-electron chi connectivity index (χ2n) is 8.02. The van der Waals surface area contributed by atoms with E-state index in [-0.39, 0.29) is 5.75 Å². The van der Waals surface area contributed by atoms with Gasteiger partial charge >= 0.3 is 0 Å². The van der Waals surface area contributed by atoms with Crippen LogP contribution < -0.4 is 10.1 Å². The smallest absolute Gasteiger partial charge is 0.194 e. The molecule has 0 aliphatic carbocycles. The van der Waals surface area contributed by atoms with Crippen molar-refractivity contribution in [2.45, 2.75) is 45.9 Å². The van der Waals surface area contributed by atoms with Crippen molar-refractivity contribution >= 4 is 15.8 Å². The molecule has 1 saturated heterocycles. The highest BCUT2D eigenvalue weighted by atomic mass is 32.2. The Morgan fingerprint density at radius 1 is 1.30 bits per heavy atom. The van der Waals surface area contributed by atoms with Gasteiger partial charge < -0.3 is 15.0 Å². The second kappa shape index (κ2) is 8.95. The van der Waals surface area contributed by atoms with Gasteiger partial charge in [0.2, 0.25) is 0 Å². The van der Waals surface area contributed by atoms with E-state index in [4.69, 9.17) is 9.73 Å². The van der Waals surface area contributed by atoms with E-state index in [2.05, 4.69) is 19.2 Å². The van der Waals surface area contributed by atoms with Crippen LogP contribution in [-0.4, -0.2) is 56.0 Å². The Morgan fingerprint density at radius 3 is 2.52 bits per heavy atom. The number of hydrogen-bond acceptors (Lipinski definition) is 4. The molecule has 1 aromatic rings. The Labute approximate surface area is 163 Å². The summed E-state index contributed by atoms with van der Waals surface area (Å²) in [7, 11) is -3.06. The first-order valence-electron chi connectivity index (χ1n) is 9.62. The molecule has 0 amide bonds. The van der Waals surface area contributed by atoms with E-state index in [0.717, 1.165) is 23.8 Å². The highest BCUT2D eigenvalue weighted by Crippen LogP contribution is 2.24. The number of benzene rings is 1. The number of guanidine groups is 1. The number of nitrogens with one attached hydrogen (secondary N) is 1. The zero-order valence-electron chi connectivity index (χ0n) is 17.2. The van der Waals surface area contributed by atoms with Gasteiger partial charge in [-0.3, -0.25) is 0 Å². The second-order valence-corrected chi connectivity index (χ2v) is 10.8. The van der Waals surface area contributed by atoms with Gasteiger partial charge in [-0.05, 0) is 44.4 Å². The highest BCUT2D eigenvalue weighted by Gasteiger charge is 2.40. The molecule has 0 aromatic heterocycles. The van der Waals surface area contributed by atoms with Crippen LogP contribution in [0.4, 0.5) is 0 Å². The Hall–Kier alpha value is -1.76. The van der Waals surface area contributed by atoms with Crippen molar-refractivity contribution in [3.63, 3.8) is 0 Å². The number of sulfone groups is 1. The van der Waals surface area contributed by atoms with Crippen molar-refractivity contribution < 1.29 is 13.2 Å². The lowest BCUT2D eigenvalue weighted by Crippen LogP contribution is -2.57. The van der Waals surface area contributed by atoms with Gasteiger partial charge in [-0.25, -0.2) is 13.4 Å². The summed E-state index contributed by atoms with van der Waals surface area (Å²) in [5, 5.41) is 3.29. The van der Waals surface area contributed by atoms with Gasteiger partial charge in [0.1, 0.15) is 5.75 Å². The van der Waals surface area contributed by atoms with Crippen LogP contribution in [0, 0.1) is 5.92 Å². The Bertz CT molecular complexity index is 740. The summed E-state index contributed by atoms with van der Waals surface area (Å²) in [6, 6.07) is 7.98. The number of ether oxygens (including phenoxy) is 1. The van der Waals surface area contributed by atoms with Gasteiger partial charge in [0, 0.05) is 19.6 Å². The topological polar surface area (TPSA) is 71.0 Å². The maximum absolute atomic E-state index is 12.2. The molecule has 152 valence electrons. The van der Waals surface area contributed by atoms with Crippen molar-refractivity contribution in [1.29, 1.82) is 0 Å². The molecule has 0 saturated carbocycles. The number of aliphatic imine (C=N–C) groups is 1. The third-order valence-corrected chi connectivity index (χ3v) is 7.13. The van der Waals surface area contributed by atoms with E-state index in [1.54, 1.807) is 13.8 Å². The predicted molar refractivity (Wildman–Crippen MR) is 111 cm³/mol. The minimum absolute atomic E-state index is 0.159. The van der Waals surface area contributed by atoms with E-state index in [1.807, 2.05) is 36.1 Å². The molecule has 2 rings (SSSR count). The molecule has 1 aliphatic rings. The Balaban J connectivity index is 2.05. The average molecular weight is 396 g/mol. The molecule has 1 aliphatic heterocycles. The highest BCUT2D eigenvalue weighted by molar-refractivity contribution is 7.92. The molecule has 1 N–H and O–H groups in total. The van der Waals surface area contributed by atoms with Crippen LogP contribution in [0.15, 0.2) is 29.3 Å². The molecular weight excluding hydrogens is 362 g/mol. The molecule has 0 spiro atoms. The van der Waals surface area contributed by atoms with Gasteiger partial charge in [-0.2, -0.15) is 0 Å². The molecule has 7 heteroatoms. The fourth-order valence-corrected chi connectivity index (χ4v) is 4.24. The first-order valence-corrected chi connectivity index (χ1v) is 11.3. The lowest BCUT2D eigenvalue weighted by Gasteiger charge is -2.39. The molecule has 6 nitrogen and oxygen atoms in total. The number of hydrogen-bond donors (Lipinski definition) is 1. The molecule has 1 fully saturated rings. The summed E-state index contributed by atoms with van der Waals surface area (Å²) < 4.78 is 29.4. The van der Waals surface area contributed by atoms with E-state index < -0.39 is 14.6 Å². The van der Waals surface area contributed by atoms with Crippen molar-refractivity contribution in [1.82, 2.24) is 10.2 Å². The van der Waals surface area contributed by atoms with E-state index in [0.29, 0.717) is 32.2 Å². The van der Waals surface area contributed by atoms with Crippen molar-refractivity contribution in [2.24, 2.45) is 10.9 Å². The molecular formula is C20H33N3O3S. The Morgan fingerprint density at radius 2 is 1.96 bits per heavy atom. The quantitative estimate of drug-likeness (QED) is 0.592. The third kappa shape index (κ3) is 5.86. The van der Waals surface area contributed by atoms with Crippen LogP contribution in [0.1, 0.15) is 40.2 Å². The normalized spacial score (nSPS) is 19.2. The van der Waals surface area contributed by atoms with Crippen LogP contribution >= 0.6 is 0 Å². The van der Waals surface area contributed by atoms with Crippen LogP contribution in [0.3, 0.4) is 0 Å². The first kappa shape index (κ1) is 21.5. The summed E-state index contributed by atoms with van der Waals surface area (Å²) in [5.74, 6) is 2.29. The van der Waals surface area contributed by atoms with Crippen LogP contribution in [0.2, 0.25) is 0 Å². The van der Waals surface area contributed by atoms with Crippen LogP contribution in [-0.2, 0) is 16.4 Å². The molecule has 0 unspecified atom stereocenters. The average Bonchev–Trinajstić information content (AvgIpc) is 2.60. The summed E-state index contributed by atoms with van der Waals surface area (Å²) >= 11 is 0. The monoisotopic (exact) mass is 395 g/mol. The molecule has 1 heterocycles. The molecule has 0 radical (unpaired) electrons. The minimum atomic E-state index is -3.06. The third-order valence-electron chi connectivity index (χ3n) is 4.60. The van der Waals surface area contributed by atoms with E-state index in [1.165, 1.54) is 0 Å². The minimum Gasteiger partial charge on any atom is -0.493 e. The molecule has 27 heavy (non-hydrogen) atoms. The zero-order chi connectivity index (χ0) is 20.1. The fraction of sp³-hybridized carbons (Fsp3) is 0.650. The zero-order valence-corrected chi connectivity index (χ0v) is 18.0. The summed E-state index contributed by atoms with van der Waals surface area (Å²) in [5.41, 5.74) is 1.09. The largest absolute Gasteiger partial charge is 0.493 e. The van der Waals surface area contributed by atoms with Gasteiger partial charge in [0.25, 0.3) is 0 Å². The van der Waals surface area contributed by atoms with Crippen molar-refractivity contribution in [3.8, 4) is 5.75 Å². The van der Waals surface area contributed by atoms with Crippen LogP contribution in [0.25, 0.3) is 0 Å². The maximum Gasteiger partial charge on any atom is 0.194 e. The summed E-state index contributed by atoms with van der Waals surface area (Å²) in [6.45, 7) is 12.7. The molecule has 1 aromatic carbocycles. The van der Waals surface area contributed by atoms with Gasteiger partial charge in [0.15, 0.2) is 15.8 Å². The summed E-state index contributed by atoms with van der Waals surface area (Å²) in [6.07, 6.45) is 0. The fourth-order valence-electron chi connectivity index (χ4n) is 2.87. The Kier molecular flexibility index (Phi) is 7.14. The van der Waals surface area contributed by atoms with Gasteiger partial charge in [-0.15, -0.1) is 0 Å². The standard InChI is InChI=1S/C20H33N3O3S/c1-6-21-19(23-11-12-27(24,25)20(4,5)15-23)22-13-17-7-9-18(10-8-17)26-14-16(2)3/h7-10,16H,6,11-15H2,1-5H3,(H,21,22). The summed E-state index contributed by atoms with van der Waals surface area (Å²) in [4.78, 5) is 6.77.